The van der Waals surface area contributed by atoms with E-state index in [4.69, 9.17) is 18.9 Å². The van der Waals surface area contributed by atoms with E-state index in [-0.39, 0.29) is 23.1 Å². The first-order chi connectivity index (χ1) is 19.4. The summed E-state index contributed by atoms with van der Waals surface area (Å²) in [5.74, 6) is 0.318. The van der Waals surface area contributed by atoms with E-state index in [1.807, 2.05) is 0 Å². The Labute approximate surface area is 235 Å². The molecule has 2 fully saturated rings. The lowest BCUT2D eigenvalue weighted by Gasteiger charge is -2.42. The van der Waals surface area contributed by atoms with Gasteiger partial charge in [-0.05, 0) is 57.4 Å². The van der Waals surface area contributed by atoms with Crippen LogP contribution in [-0.2, 0) is 19.0 Å². The van der Waals surface area contributed by atoms with E-state index >= 15 is 0 Å². The number of hydrogen-bond acceptors (Lipinski definition) is 8. The van der Waals surface area contributed by atoms with Crippen molar-refractivity contribution in [1.82, 2.24) is 4.90 Å². The lowest BCUT2D eigenvalue weighted by atomic mass is 10.00. The summed E-state index contributed by atoms with van der Waals surface area (Å²) < 4.78 is 28.4. The van der Waals surface area contributed by atoms with E-state index in [0.29, 0.717) is 50.5 Å². The van der Waals surface area contributed by atoms with Gasteiger partial charge in [0.15, 0.2) is 24.0 Å². The van der Waals surface area contributed by atoms with Gasteiger partial charge in [-0.1, -0.05) is 19.3 Å². The molecule has 3 heterocycles. The van der Waals surface area contributed by atoms with E-state index in [9.17, 15) is 19.5 Å². The minimum atomic E-state index is -1.20. The second-order valence-corrected chi connectivity index (χ2v) is 10.5. The van der Waals surface area contributed by atoms with Crippen molar-refractivity contribution in [3.05, 3.63) is 17.7 Å². The lowest BCUT2D eigenvalue weighted by Crippen LogP contribution is -2.57. The van der Waals surface area contributed by atoms with Crippen LogP contribution in [-0.4, -0.2) is 80.5 Å². The third-order valence-electron chi connectivity index (χ3n) is 7.81. The first kappa shape index (κ1) is 29.9. The highest BCUT2D eigenvalue weighted by Gasteiger charge is 2.46. The van der Waals surface area contributed by atoms with Crippen molar-refractivity contribution in [3.63, 3.8) is 0 Å². The number of esters is 1. The van der Waals surface area contributed by atoms with Gasteiger partial charge in [0.2, 0.25) is 0 Å². The molecule has 0 spiro atoms. The Morgan fingerprint density at radius 3 is 2.50 bits per heavy atom. The van der Waals surface area contributed by atoms with Crippen molar-refractivity contribution in [2.75, 3.05) is 38.9 Å². The number of methoxy groups -OCH3 is 2. The van der Waals surface area contributed by atoms with Gasteiger partial charge in [0.05, 0.1) is 38.1 Å². The lowest BCUT2D eigenvalue weighted by molar-refractivity contribution is -0.198. The van der Waals surface area contributed by atoms with Crippen LogP contribution in [0.25, 0.3) is 0 Å². The summed E-state index contributed by atoms with van der Waals surface area (Å²) in [6.45, 7) is 1.49. The number of carboxylic acid groups (broad SMARTS) is 1. The first-order valence-corrected chi connectivity index (χ1v) is 14.5. The maximum Gasteiger partial charge on any atom is 0.414 e. The van der Waals surface area contributed by atoms with Crippen LogP contribution in [0.4, 0.5) is 10.5 Å². The van der Waals surface area contributed by atoms with Crippen LogP contribution in [0.2, 0.25) is 0 Å². The summed E-state index contributed by atoms with van der Waals surface area (Å²) in [6, 6.07) is 2.75. The van der Waals surface area contributed by atoms with Crippen LogP contribution in [0.3, 0.4) is 0 Å². The van der Waals surface area contributed by atoms with Crippen molar-refractivity contribution in [2.45, 2.75) is 95.6 Å². The Morgan fingerprint density at radius 2 is 1.77 bits per heavy atom. The summed E-state index contributed by atoms with van der Waals surface area (Å²) in [6.07, 6.45) is 7.09. The second-order valence-electron chi connectivity index (χ2n) is 10.5. The molecule has 0 radical (unpaired) electrons. The number of rotatable bonds is 12. The largest absolute Gasteiger partial charge is 0.493 e. The molecule has 0 saturated carbocycles. The Hall–Kier alpha value is -3.05. The van der Waals surface area contributed by atoms with E-state index < -0.39 is 24.7 Å². The number of benzene rings is 1. The van der Waals surface area contributed by atoms with E-state index in [1.54, 1.807) is 17.0 Å². The van der Waals surface area contributed by atoms with Gasteiger partial charge >= 0.3 is 12.1 Å². The number of carbonyl (C=O) groups excluding carboxylic acids is 2. The average molecular weight is 563 g/mol. The molecular formula is C29H42N2O9. The Balaban J connectivity index is 1.53. The van der Waals surface area contributed by atoms with Gasteiger partial charge in [-0.2, -0.15) is 0 Å². The molecule has 1 aromatic carbocycles. The standard InChI is InChI=1S/C29H42N2O9/c1-36-23-18-20-22(19-24(23)38-16-10-5-3-4-6-13-25(32)37-2)31(29(34)35)28(40-26-14-8-11-17-39-26)21-12-7-9-15-30(21)27(20)33/h18-19,21,26,28H,3-17H2,1-2H3,(H,34,35)/t21-,26?,28?/m0/s1. The molecule has 2 saturated heterocycles. The zero-order chi connectivity index (χ0) is 28.5. The van der Waals surface area contributed by atoms with Crippen LogP contribution in [0.5, 0.6) is 11.5 Å². The number of piperidine rings is 1. The minimum Gasteiger partial charge on any atom is -0.493 e. The highest BCUT2D eigenvalue weighted by molar-refractivity contribution is 6.05. The zero-order valence-electron chi connectivity index (χ0n) is 23.6. The molecule has 11 heteroatoms. The van der Waals surface area contributed by atoms with Gasteiger partial charge < -0.3 is 33.7 Å². The predicted molar refractivity (Wildman–Crippen MR) is 146 cm³/mol. The van der Waals surface area contributed by atoms with Gasteiger partial charge in [0, 0.05) is 25.6 Å². The minimum absolute atomic E-state index is 0.192. The van der Waals surface area contributed by atoms with Crippen LogP contribution >= 0.6 is 0 Å². The molecule has 40 heavy (non-hydrogen) atoms. The van der Waals surface area contributed by atoms with Crippen LogP contribution in [0, 0.1) is 0 Å². The maximum absolute atomic E-state index is 13.8. The SMILES string of the molecule is COC(=O)CCCCCCCOc1cc2c(cc1OC)C(=O)N1CCCC[C@H]1C(OC1CCCCO1)N2C(=O)O. The molecule has 0 aromatic heterocycles. The fourth-order valence-corrected chi connectivity index (χ4v) is 5.69. The van der Waals surface area contributed by atoms with Crippen molar-refractivity contribution < 1.29 is 43.2 Å². The summed E-state index contributed by atoms with van der Waals surface area (Å²) in [5.41, 5.74) is 0.478. The molecule has 1 N–H and O–H groups in total. The maximum atomic E-state index is 13.8. The molecule has 0 aliphatic carbocycles. The highest BCUT2D eigenvalue weighted by Crippen LogP contribution is 2.42. The Bertz CT molecular complexity index is 1030. The Kier molecular flexibility index (Phi) is 10.9. The number of carbonyl (C=O) groups is 3. The molecule has 2 unspecified atom stereocenters. The second kappa shape index (κ2) is 14.5. The number of anilines is 1. The fourth-order valence-electron chi connectivity index (χ4n) is 5.69. The number of hydrogen-bond donors (Lipinski definition) is 1. The summed E-state index contributed by atoms with van der Waals surface area (Å²) >= 11 is 0. The van der Waals surface area contributed by atoms with Gasteiger partial charge in [0.1, 0.15) is 0 Å². The number of unbranched alkanes of at least 4 members (excludes halogenated alkanes) is 4. The Morgan fingerprint density at radius 1 is 1.00 bits per heavy atom. The van der Waals surface area contributed by atoms with Crippen molar-refractivity contribution in [3.8, 4) is 11.5 Å². The van der Waals surface area contributed by atoms with Crippen molar-refractivity contribution >= 4 is 23.7 Å². The number of fused-ring (bicyclic) bond motifs is 2. The monoisotopic (exact) mass is 562 g/mol. The molecule has 4 rings (SSSR count). The van der Waals surface area contributed by atoms with E-state index in [2.05, 4.69) is 4.74 Å². The van der Waals surface area contributed by atoms with Crippen LogP contribution in [0.15, 0.2) is 12.1 Å². The predicted octanol–water partition coefficient (Wildman–Crippen LogP) is 4.95. The molecule has 2 amide bonds. The molecule has 3 aliphatic rings. The summed E-state index contributed by atoms with van der Waals surface area (Å²) in [5, 5.41) is 10.4. The highest BCUT2D eigenvalue weighted by atomic mass is 16.7. The molecule has 1 aromatic rings. The average Bonchev–Trinajstić information content (AvgIpc) is 3.07. The zero-order valence-corrected chi connectivity index (χ0v) is 23.6. The van der Waals surface area contributed by atoms with Gasteiger partial charge in [-0.25, -0.2) is 9.69 Å². The molecule has 3 atom stereocenters. The fraction of sp³-hybridized carbons (Fsp3) is 0.690. The summed E-state index contributed by atoms with van der Waals surface area (Å²) in [7, 11) is 2.90. The molecule has 222 valence electrons. The normalized spacial score (nSPS) is 22.6. The molecular weight excluding hydrogens is 520 g/mol. The smallest absolute Gasteiger partial charge is 0.414 e. The summed E-state index contributed by atoms with van der Waals surface area (Å²) in [4.78, 5) is 40.7. The first-order valence-electron chi connectivity index (χ1n) is 14.5. The number of amides is 2. The topological polar surface area (TPSA) is 124 Å². The number of nitrogens with zero attached hydrogens (tertiary/aromatic N) is 2. The number of ether oxygens (including phenoxy) is 5. The van der Waals surface area contributed by atoms with Crippen LogP contribution in [0.1, 0.15) is 87.4 Å². The van der Waals surface area contributed by atoms with E-state index in [1.165, 1.54) is 19.1 Å². The van der Waals surface area contributed by atoms with Crippen molar-refractivity contribution in [1.29, 1.82) is 0 Å². The molecule has 0 bridgehead atoms. The van der Waals surface area contributed by atoms with Crippen LogP contribution < -0.4 is 14.4 Å². The molecule has 3 aliphatic heterocycles. The van der Waals surface area contributed by atoms with Gasteiger partial charge in [0.25, 0.3) is 5.91 Å². The quantitative estimate of drug-likeness (QED) is 0.278. The van der Waals surface area contributed by atoms with Gasteiger partial charge in [-0.15, -0.1) is 0 Å². The third kappa shape index (κ3) is 7.17. The van der Waals surface area contributed by atoms with E-state index in [0.717, 1.165) is 57.8 Å². The third-order valence-corrected chi connectivity index (χ3v) is 7.81. The molecule has 11 nitrogen and oxygen atoms in total. The van der Waals surface area contributed by atoms with Crippen molar-refractivity contribution in [2.24, 2.45) is 0 Å². The van der Waals surface area contributed by atoms with Gasteiger partial charge in [-0.3, -0.25) is 9.59 Å².